The molecule has 5 heteroatoms. The highest BCUT2D eigenvalue weighted by molar-refractivity contribution is 5.46. The second-order valence-corrected chi connectivity index (χ2v) is 1.98. The lowest BCUT2D eigenvalue weighted by molar-refractivity contribution is 0.0347. The molecule has 1 radical (unpaired) electrons. The van der Waals surface area contributed by atoms with Crippen molar-refractivity contribution in [3.63, 3.8) is 0 Å². The number of aliphatic hydroxyl groups is 1. The van der Waals surface area contributed by atoms with Crippen molar-refractivity contribution in [2.24, 2.45) is 0 Å². The van der Waals surface area contributed by atoms with Crippen molar-refractivity contribution in [1.82, 2.24) is 5.32 Å². The number of carbonyl (C=O) groups excluding carboxylic acids is 1. The van der Waals surface area contributed by atoms with Gasteiger partial charge in [0, 0.05) is 6.54 Å². The minimum absolute atomic E-state index is 0.0294. The molecule has 0 aliphatic heterocycles. The third-order valence-corrected chi connectivity index (χ3v) is 1.05. The lowest BCUT2D eigenvalue weighted by Gasteiger charge is -2.03. The largest absolute Gasteiger partial charge is 0.394 e. The maximum Gasteiger partial charge on any atom is 0.309 e. The van der Waals surface area contributed by atoms with Crippen molar-refractivity contribution in [3.8, 4) is 0 Å². The van der Waals surface area contributed by atoms with Gasteiger partial charge in [-0.15, -0.1) is 0 Å². The van der Waals surface area contributed by atoms with Gasteiger partial charge in [-0.2, -0.15) is 0 Å². The molecule has 0 aromatic carbocycles. The third kappa shape index (κ3) is 9.35. The summed E-state index contributed by atoms with van der Waals surface area (Å²) in [6.07, 6.45) is 1.53. The fourth-order valence-corrected chi connectivity index (χ4v) is 0.561. The number of ether oxygens (including phenoxy) is 2. The quantitative estimate of drug-likeness (QED) is 0.337. The van der Waals surface area contributed by atoms with Crippen molar-refractivity contribution >= 4 is 6.41 Å². The van der Waals surface area contributed by atoms with E-state index in [1.165, 1.54) is 6.41 Å². The van der Waals surface area contributed by atoms with Gasteiger partial charge in [0.15, 0.2) is 0 Å². The first-order chi connectivity index (χ1) is 5.91. The van der Waals surface area contributed by atoms with Crippen LogP contribution in [0.5, 0.6) is 0 Å². The van der Waals surface area contributed by atoms with Gasteiger partial charge in [-0.1, -0.05) is 0 Å². The highest BCUT2D eigenvalue weighted by Crippen LogP contribution is 1.76. The SMILES string of the molecule is O=[C]NCCOCCOCCO. The molecule has 0 saturated carbocycles. The zero-order valence-corrected chi connectivity index (χ0v) is 6.91. The molecule has 0 atom stereocenters. The predicted octanol–water partition coefficient (Wildman–Crippen LogP) is -1.33. The summed E-state index contributed by atoms with van der Waals surface area (Å²) in [5.74, 6) is 0. The van der Waals surface area contributed by atoms with Crippen molar-refractivity contribution < 1.29 is 19.4 Å². The van der Waals surface area contributed by atoms with Crippen LogP contribution in [0.3, 0.4) is 0 Å². The molecule has 0 saturated heterocycles. The number of amides is 1. The van der Waals surface area contributed by atoms with Crippen LogP contribution >= 0.6 is 0 Å². The van der Waals surface area contributed by atoms with Crippen molar-refractivity contribution in [1.29, 1.82) is 0 Å². The summed E-state index contributed by atoms with van der Waals surface area (Å²) in [7, 11) is 0. The second-order valence-electron chi connectivity index (χ2n) is 1.98. The first kappa shape index (κ1) is 11.4. The zero-order chi connectivity index (χ0) is 9.07. The van der Waals surface area contributed by atoms with E-state index in [0.717, 1.165) is 0 Å². The molecule has 0 unspecified atom stereocenters. The summed E-state index contributed by atoms with van der Waals surface area (Å²) in [4.78, 5) is 9.63. The Labute approximate surface area is 71.7 Å². The minimum atomic E-state index is 0.0294. The summed E-state index contributed by atoms with van der Waals surface area (Å²) in [5.41, 5.74) is 0. The van der Waals surface area contributed by atoms with Gasteiger partial charge in [-0.05, 0) is 0 Å². The first-order valence-corrected chi connectivity index (χ1v) is 3.78. The average molecular weight is 176 g/mol. The number of nitrogens with one attached hydrogen (secondary N) is 1. The minimum Gasteiger partial charge on any atom is -0.394 e. The Morgan fingerprint density at radius 1 is 1.17 bits per heavy atom. The predicted molar refractivity (Wildman–Crippen MR) is 42.4 cm³/mol. The van der Waals surface area contributed by atoms with Crippen molar-refractivity contribution in [3.05, 3.63) is 0 Å². The lowest BCUT2D eigenvalue weighted by Crippen LogP contribution is -2.18. The highest BCUT2D eigenvalue weighted by Gasteiger charge is 1.88. The van der Waals surface area contributed by atoms with Gasteiger partial charge >= 0.3 is 6.41 Å². The van der Waals surface area contributed by atoms with Gasteiger partial charge in [-0.25, -0.2) is 0 Å². The number of hydrogen-bond donors (Lipinski definition) is 2. The van der Waals surface area contributed by atoms with Crippen LogP contribution in [-0.4, -0.2) is 51.1 Å². The van der Waals surface area contributed by atoms with Gasteiger partial charge in [0.2, 0.25) is 0 Å². The molecule has 5 nitrogen and oxygen atoms in total. The molecule has 0 heterocycles. The van der Waals surface area contributed by atoms with Crippen LogP contribution < -0.4 is 5.32 Å². The van der Waals surface area contributed by atoms with Crippen molar-refractivity contribution in [2.75, 3.05) is 39.6 Å². The van der Waals surface area contributed by atoms with Gasteiger partial charge in [0.05, 0.1) is 33.0 Å². The van der Waals surface area contributed by atoms with E-state index in [9.17, 15) is 4.79 Å². The third-order valence-electron chi connectivity index (χ3n) is 1.05. The Morgan fingerprint density at radius 3 is 2.42 bits per heavy atom. The molecule has 12 heavy (non-hydrogen) atoms. The monoisotopic (exact) mass is 176 g/mol. The summed E-state index contributed by atoms with van der Waals surface area (Å²) in [6, 6.07) is 0. The zero-order valence-electron chi connectivity index (χ0n) is 6.91. The van der Waals surface area contributed by atoms with E-state index in [2.05, 4.69) is 5.32 Å². The number of rotatable bonds is 9. The highest BCUT2D eigenvalue weighted by atomic mass is 16.5. The summed E-state index contributed by atoms with van der Waals surface area (Å²) >= 11 is 0. The number of aliphatic hydroxyl groups excluding tert-OH is 1. The molecule has 0 spiro atoms. The Kier molecular flexibility index (Phi) is 9.79. The molecule has 0 aliphatic rings. The average Bonchev–Trinajstić information content (AvgIpc) is 2.10. The van der Waals surface area contributed by atoms with E-state index in [1.807, 2.05) is 0 Å². The summed E-state index contributed by atoms with van der Waals surface area (Å²) in [5, 5.41) is 10.7. The smallest absolute Gasteiger partial charge is 0.309 e. The number of hydrogen-bond acceptors (Lipinski definition) is 4. The van der Waals surface area contributed by atoms with Gasteiger partial charge in [-0.3, -0.25) is 4.79 Å². The van der Waals surface area contributed by atoms with Crippen LogP contribution in [-0.2, 0) is 14.3 Å². The molecule has 0 fully saturated rings. The molecule has 0 aromatic heterocycles. The topological polar surface area (TPSA) is 67.8 Å². The molecule has 0 rings (SSSR count). The first-order valence-electron chi connectivity index (χ1n) is 3.78. The fourth-order valence-electron chi connectivity index (χ4n) is 0.561. The van der Waals surface area contributed by atoms with E-state index in [4.69, 9.17) is 14.6 Å². The van der Waals surface area contributed by atoms with Crippen LogP contribution in [0.25, 0.3) is 0 Å². The van der Waals surface area contributed by atoms with Crippen molar-refractivity contribution in [2.45, 2.75) is 0 Å². The Balaban J connectivity index is 2.77. The van der Waals surface area contributed by atoms with E-state index in [0.29, 0.717) is 33.0 Å². The van der Waals surface area contributed by atoms with Crippen LogP contribution in [0.4, 0.5) is 0 Å². The van der Waals surface area contributed by atoms with Gasteiger partial charge < -0.3 is 19.9 Å². The molecule has 1 amide bonds. The van der Waals surface area contributed by atoms with Gasteiger partial charge in [0.1, 0.15) is 0 Å². The Hall–Kier alpha value is -0.650. The molecular weight excluding hydrogens is 162 g/mol. The lowest BCUT2D eigenvalue weighted by atomic mass is 10.6. The van der Waals surface area contributed by atoms with Crippen LogP contribution in [0.15, 0.2) is 0 Å². The molecule has 71 valence electrons. The van der Waals surface area contributed by atoms with E-state index in [1.54, 1.807) is 0 Å². The second kappa shape index (κ2) is 10.3. The maximum absolute atomic E-state index is 9.63. The fraction of sp³-hybridized carbons (Fsp3) is 0.857. The Morgan fingerprint density at radius 2 is 1.83 bits per heavy atom. The molecule has 0 aliphatic carbocycles. The van der Waals surface area contributed by atoms with Crippen LogP contribution in [0.1, 0.15) is 0 Å². The van der Waals surface area contributed by atoms with Crippen LogP contribution in [0, 0.1) is 0 Å². The maximum atomic E-state index is 9.63. The van der Waals surface area contributed by atoms with Gasteiger partial charge in [0.25, 0.3) is 0 Å². The van der Waals surface area contributed by atoms with E-state index < -0.39 is 0 Å². The molecular formula is C7H14NO4. The van der Waals surface area contributed by atoms with E-state index >= 15 is 0 Å². The van der Waals surface area contributed by atoms with E-state index in [-0.39, 0.29) is 6.61 Å². The Bertz CT molecular complexity index is 99.4. The standard InChI is InChI=1S/C7H14NO4/c9-2-4-12-6-5-11-3-1-8-7-10/h9H,1-6H2,(H,8,10). The summed E-state index contributed by atoms with van der Waals surface area (Å²) < 4.78 is 9.95. The normalized spacial score (nSPS) is 9.75. The molecule has 0 bridgehead atoms. The van der Waals surface area contributed by atoms with Crippen LogP contribution in [0.2, 0.25) is 0 Å². The summed E-state index contributed by atoms with van der Waals surface area (Å²) in [6.45, 7) is 2.22. The molecule has 2 N–H and O–H groups in total. The molecule has 0 aromatic rings.